The highest BCUT2D eigenvalue weighted by Gasteiger charge is 2.14. The number of hydrogen-bond donors (Lipinski definition) is 1. The minimum Gasteiger partial charge on any atom is -0.483 e. The molecule has 0 fully saturated rings. The van der Waals surface area contributed by atoms with E-state index in [1.807, 2.05) is 37.3 Å². The molecule has 0 radical (unpaired) electrons. The van der Waals surface area contributed by atoms with E-state index in [2.05, 4.69) is 11.5 Å². The number of ether oxygens (including phenoxy) is 1. The zero-order valence-electron chi connectivity index (χ0n) is 14.0. The van der Waals surface area contributed by atoms with E-state index in [-0.39, 0.29) is 5.43 Å². The first-order chi connectivity index (χ1) is 11.2. The van der Waals surface area contributed by atoms with Gasteiger partial charge in [0.25, 0.3) is 0 Å². The maximum absolute atomic E-state index is 12.3. The Morgan fingerprint density at radius 1 is 1.17 bits per heavy atom. The van der Waals surface area contributed by atoms with Crippen LogP contribution >= 0.6 is 0 Å². The van der Waals surface area contributed by atoms with Crippen LogP contribution in [0.2, 0.25) is 0 Å². The maximum atomic E-state index is 12.3. The topological polar surface area (TPSA) is 57.2 Å². The molecule has 0 bridgehead atoms. The molecule has 4 heteroatoms. The Morgan fingerprint density at radius 3 is 2.57 bits per heavy atom. The molecule has 0 saturated heterocycles. The number of benzene rings is 1. The molecule has 0 aliphatic rings. The summed E-state index contributed by atoms with van der Waals surface area (Å²) < 4.78 is 7.96. The molecule has 0 atom stereocenters. The fourth-order valence-electron chi connectivity index (χ4n) is 2.73. The summed E-state index contributed by atoms with van der Waals surface area (Å²) in [5.74, 6) is 0.387. The molecule has 0 aliphatic carbocycles. The van der Waals surface area contributed by atoms with Gasteiger partial charge in [0, 0.05) is 24.8 Å². The summed E-state index contributed by atoms with van der Waals surface area (Å²) in [7, 11) is 0. The van der Waals surface area contributed by atoms with Crippen LogP contribution in [0.3, 0.4) is 0 Å². The van der Waals surface area contributed by atoms with Crippen molar-refractivity contribution in [2.24, 2.45) is 5.73 Å². The van der Waals surface area contributed by atoms with E-state index >= 15 is 0 Å². The summed E-state index contributed by atoms with van der Waals surface area (Å²) in [4.78, 5) is 12.3. The summed E-state index contributed by atoms with van der Waals surface area (Å²) in [6.45, 7) is 5.67. The van der Waals surface area contributed by atoms with E-state index in [0.717, 1.165) is 42.8 Å². The molecule has 0 spiro atoms. The van der Waals surface area contributed by atoms with Crippen LogP contribution in [0.15, 0.2) is 41.2 Å². The Labute approximate surface area is 137 Å². The van der Waals surface area contributed by atoms with E-state index in [1.54, 1.807) is 6.07 Å². The van der Waals surface area contributed by atoms with Gasteiger partial charge in [0.1, 0.15) is 6.61 Å². The van der Waals surface area contributed by atoms with Gasteiger partial charge in [0.05, 0.1) is 5.69 Å². The first-order valence-electron chi connectivity index (χ1n) is 8.27. The van der Waals surface area contributed by atoms with E-state index in [9.17, 15) is 4.79 Å². The molecule has 2 N–H and O–H groups in total. The summed E-state index contributed by atoms with van der Waals surface area (Å²) in [5, 5.41) is 0. The lowest BCUT2D eigenvalue weighted by atomic mass is 10.2. The highest BCUT2D eigenvalue weighted by Crippen LogP contribution is 2.18. The normalized spacial score (nSPS) is 10.7. The molecule has 1 aromatic heterocycles. The third-order valence-electron chi connectivity index (χ3n) is 3.98. The van der Waals surface area contributed by atoms with Crippen molar-refractivity contribution in [1.29, 1.82) is 0 Å². The van der Waals surface area contributed by atoms with Crippen LogP contribution in [0.1, 0.15) is 43.1 Å². The lowest BCUT2D eigenvalue weighted by molar-refractivity contribution is 0.294. The Balaban J connectivity index is 2.26. The summed E-state index contributed by atoms with van der Waals surface area (Å²) >= 11 is 0. The van der Waals surface area contributed by atoms with Crippen molar-refractivity contribution >= 4 is 0 Å². The molecular weight excluding hydrogens is 288 g/mol. The second-order valence-electron chi connectivity index (χ2n) is 5.76. The van der Waals surface area contributed by atoms with Crippen LogP contribution in [-0.2, 0) is 19.7 Å². The van der Waals surface area contributed by atoms with Crippen LogP contribution in [0.5, 0.6) is 5.75 Å². The molecular formula is C19H26N2O2. The smallest absolute Gasteiger partial charge is 0.223 e. The second kappa shape index (κ2) is 8.53. The monoisotopic (exact) mass is 314 g/mol. The number of rotatable bonds is 8. The minimum atomic E-state index is -0.0920. The number of hydrogen-bond acceptors (Lipinski definition) is 3. The third kappa shape index (κ3) is 4.45. The molecule has 2 aromatic rings. The molecule has 23 heavy (non-hydrogen) atoms. The van der Waals surface area contributed by atoms with Gasteiger partial charge in [-0.2, -0.15) is 0 Å². The first-order valence-corrected chi connectivity index (χ1v) is 8.27. The Hall–Kier alpha value is -2.07. The molecule has 2 rings (SSSR count). The van der Waals surface area contributed by atoms with E-state index < -0.39 is 0 Å². The standard InChI is InChI=1S/C19H26N2O2/c1-3-4-8-11-21-15(2)12-18(22)19(17(21)13-20)23-14-16-9-6-5-7-10-16/h5-7,9-10,12H,3-4,8,11,13-14,20H2,1-2H3. The number of nitrogens with zero attached hydrogens (tertiary/aromatic N) is 1. The highest BCUT2D eigenvalue weighted by molar-refractivity contribution is 5.31. The molecule has 0 unspecified atom stereocenters. The lowest BCUT2D eigenvalue weighted by Crippen LogP contribution is -2.22. The molecule has 0 saturated carbocycles. The quantitative estimate of drug-likeness (QED) is 0.760. The Kier molecular flexibility index (Phi) is 6.41. The van der Waals surface area contributed by atoms with Crippen molar-refractivity contribution in [3.05, 3.63) is 63.6 Å². The van der Waals surface area contributed by atoms with Crippen molar-refractivity contribution in [1.82, 2.24) is 4.57 Å². The van der Waals surface area contributed by atoms with Crippen molar-refractivity contribution in [2.45, 2.75) is 52.8 Å². The van der Waals surface area contributed by atoms with Gasteiger partial charge in [0.2, 0.25) is 5.43 Å². The minimum absolute atomic E-state index is 0.0920. The van der Waals surface area contributed by atoms with Gasteiger partial charge in [-0.05, 0) is 18.9 Å². The van der Waals surface area contributed by atoms with Gasteiger partial charge < -0.3 is 15.0 Å². The summed E-state index contributed by atoms with van der Waals surface area (Å²) in [6, 6.07) is 11.5. The van der Waals surface area contributed by atoms with Crippen LogP contribution in [0.25, 0.3) is 0 Å². The number of nitrogens with two attached hydrogens (primary N) is 1. The van der Waals surface area contributed by atoms with Crippen molar-refractivity contribution in [3.63, 3.8) is 0 Å². The Bertz CT molecular complexity index is 678. The van der Waals surface area contributed by atoms with Gasteiger partial charge in [-0.15, -0.1) is 0 Å². The van der Waals surface area contributed by atoms with Crippen LogP contribution in [0, 0.1) is 6.92 Å². The van der Waals surface area contributed by atoms with Gasteiger partial charge >= 0.3 is 0 Å². The summed E-state index contributed by atoms with van der Waals surface area (Å²) in [6.07, 6.45) is 3.40. The maximum Gasteiger partial charge on any atom is 0.223 e. The molecule has 1 aromatic carbocycles. The zero-order chi connectivity index (χ0) is 16.7. The number of unbranched alkanes of at least 4 members (excludes halogenated alkanes) is 2. The molecule has 0 aliphatic heterocycles. The van der Waals surface area contributed by atoms with Crippen LogP contribution < -0.4 is 15.9 Å². The van der Waals surface area contributed by atoms with E-state index in [0.29, 0.717) is 18.9 Å². The molecule has 1 heterocycles. The van der Waals surface area contributed by atoms with Crippen molar-refractivity contribution in [2.75, 3.05) is 0 Å². The zero-order valence-corrected chi connectivity index (χ0v) is 14.0. The van der Waals surface area contributed by atoms with Gasteiger partial charge in [0.15, 0.2) is 5.75 Å². The summed E-state index contributed by atoms with van der Waals surface area (Å²) in [5.41, 5.74) is 8.60. The molecule has 0 amide bonds. The van der Waals surface area contributed by atoms with Crippen LogP contribution in [0.4, 0.5) is 0 Å². The van der Waals surface area contributed by atoms with E-state index in [1.165, 1.54) is 0 Å². The Morgan fingerprint density at radius 2 is 1.91 bits per heavy atom. The van der Waals surface area contributed by atoms with E-state index in [4.69, 9.17) is 10.5 Å². The van der Waals surface area contributed by atoms with Gasteiger partial charge in [-0.1, -0.05) is 50.1 Å². The predicted octanol–water partition coefficient (Wildman–Crippen LogP) is 3.38. The fourth-order valence-corrected chi connectivity index (χ4v) is 2.73. The average molecular weight is 314 g/mol. The van der Waals surface area contributed by atoms with Gasteiger partial charge in [-0.25, -0.2) is 0 Å². The molecule has 4 nitrogen and oxygen atoms in total. The lowest BCUT2D eigenvalue weighted by Gasteiger charge is -2.19. The van der Waals surface area contributed by atoms with Crippen molar-refractivity contribution in [3.8, 4) is 5.75 Å². The SMILES string of the molecule is CCCCCn1c(C)cc(=O)c(OCc2ccccc2)c1CN. The fraction of sp³-hybridized carbons (Fsp3) is 0.421. The van der Waals surface area contributed by atoms with Crippen molar-refractivity contribution < 1.29 is 4.74 Å². The number of aryl methyl sites for hydroxylation is 1. The molecule has 124 valence electrons. The largest absolute Gasteiger partial charge is 0.483 e. The second-order valence-corrected chi connectivity index (χ2v) is 5.76. The van der Waals surface area contributed by atoms with Gasteiger partial charge in [-0.3, -0.25) is 4.79 Å². The number of pyridine rings is 1. The van der Waals surface area contributed by atoms with Crippen LogP contribution in [-0.4, -0.2) is 4.57 Å². The number of aromatic nitrogens is 1. The highest BCUT2D eigenvalue weighted by atomic mass is 16.5. The predicted molar refractivity (Wildman–Crippen MR) is 93.6 cm³/mol. The average Bonchev–Trinajstić information content (AvgIpc) is 2.56. The first kappa shape index (κ1) is 17.3. The third-order valence-corrected chi connectivity index (χ3v) is 3.98.